The summed E-state index contributed by atoms with van der Waals surface area (Å²) in [7, 11) is 1.67. The van der Waals surface area contributed by atoms with Crippen molar-refractivity contribution < 1.29 is 14.3 Å². The predicted molar refractivity (Wildman–Crippen MR) is 93.6 cm³/mol. The number of likely N-dealkylation sites (tertiary alicyclic amines) is 2. The lowest BCUT2D eigenvalue weighted by atomic mass is 10.0. The summed E-state index contributed by atoms with van der Waals surface area (Å²) < 4.78 is 11.3. The standard InChI is InChI=1S/C19H28N2O3/c1-15-7-8-17(18(13-15)23-2)24-12-11-20-9-3-5-16(14-20)21-10-4-6-19(21)22/h7-8,13,16H,3-6,9-12,14H2,1-2H3/t16-/m0/s1. The minimum absolute atomic E-state index is 0.336. The number of hydrogen-bond acceptors (Lipinski definition) is 4. The van der Waals surface area contributed by atoms with E-state index in [9.17, 15) is 4.79 Å². The van der Waals surface area contributed by atoms with Crippen LogP contribution in [0.1, 0.15) is 31.2 Å². The molecule has 5 nitrogen and oxygen atoms in total. The second-order valence-corrected chi connectivity index (χ2v) is 6.79. The molecule has 0 unspecified atom stereocenters. The number of methoxy groups -OCH3 is 1. The molecule has 0 saturated carbocycles. The van der Waals surface area contributed by atoms with Gasteiger partial charge in [-0.3, -0.25) is 9.69 Å². The predicted octanol–water partition coefficient (Wildman–Crippen LogP) is 2.47. The van der Waals surface area contributed by atoms with Crippen molar-refractivity contribution in [1.29, 1.82) is 0 Å². The largest absolute Gasteiger partial charge is 0.493 e. The maximum absolute atomic E-state index is 11.9. The number of benzene rings is 1. The van der Waals surface area contributed by atoms with Gasteiger partial charge in [-0.15, -0.1) is 0 Å². The lowest BCUT2D eigenvalue weighted by Crippen LogP contribution is -2.49. The first-order valence-corrected chi connectivity index (χ1v) is 8.96. The normalized spacial score (nSPS) is 22.0. The molecular weight excluding hydrogens is 304 g/mol. The van der Waals surface area contributed by atoms with Crippen molar-refractivity contribution in [3.05, 3.63) is 23.8 Å². The van der Waals surface area contributed by atoms with Gasteiger partial charge in [0, 0.05) is 32.1 Å². The van der Waals surface area contributed by atoms with Crippen molar-refractivity contribution in [2.24, 2.45) is 0 Å². The van der Waals surface area contributed by atoms with Crippen LogP contribution < -0.4 is 9.47 Å². The molecule has 1 aromatic rings. The molecule has 0 aliphatic carbocycles. The van der Waals surface area contributed by atoms with E-state index in [4.69, 9.17) is 9.47 Å². The Morgan fingerprint density at radius 2 is 2.08 bits per heavy atom. The fraction of sp³-hybridized carbons (Fsp3) is 0.632. The summed E-state index contributed by atoms with van der Waals surface area (Å²) in [6.45, 7) is 6.57. The van der Waals surface area contributed by atoms with Crippen molar-refractivity contribution in [2.75, 3.05) is 39.9 Å². The lowest BCUT2D eigenvalue weighted by Gasteiger charge is -2.37. The topological polar surface area (TPSA) is 42.0 Å². The Hall–Kier alpha value is -1.75. The van der Waals surface area contributed by atoms with Crippen LogP contribution in [0.4, 0.5) is 0 Å². The third-order valence-corrected chi connectivity index (χ3v) is 5.02. The van der Waals surface area contributed by atoms with Gasteiger partial charge < -0.3 is 14.4 Å². The van der Waals surface area contributed by atoms with Crippen LogP contribution in [0.15, 0.2) is 18.2 Å². The van der Waals surface area contributed by atoms with E-state index in [1.807, 2.05) is 25.1 Å². The molecule has 1 aromatic carbocycles. The third kappa shape index (κ3) is 4.01. The molecule has 2 saturated heterocycles. The zero-order valence-electron chi connectivity index (χ0n) is 14.8. The summed E-state index contributed by atoms with van der Waals surface area (Å²) in [6, 6.07) is 6.39. The van der Waals surface area contributed by atoms with Crippen molar-refractivity contribution in [1.82, 2.24) is 9.80 Å². The van der Waals surface area contributed by atoms with E-state index in [0.29, 0.717) is 18.6 Å². The molecule has 0 aromatic heterocycles. The van der Waals surface area contributed by atoms with Gasteiger partial charge in [0.25, 0.3) is 0 Å². The van der Waals surface area contributed by atoms with Gasteiger partial charge in [-0.25, -0.2) is 0 Å². The summed E-state index contributed by atoms with van der Waals surface area (Å²) in [5.41, 5.74) is 1.16. The summed E-state index contributed by atoms with van der Waals surface area (Å²) in [6.07, 6.45) is 4.04. The quantitative estimate of drug-likeness (QED) is 0.802. The number of carbonyl (C=O) groups excluding carboxylic acids is 1. The fourth-order valence-corrected chi connectivity index (χ4v) is 3.72. The maximum Gasteiger partial charge on any atom is 0.222 e. The van der Waals surface area contributed by atoms with Crippen LogP contribution in [0.25, 0.3) is 0 Å². The Morgan fingerprint density at radius 1 is 1.21 bits per heavy atom. The summed E-state index contributed by atoms with van der Waals surface area (Å²) in [5, 5.41) is 0. The van der Waals surface area contributed by atoms with Crippen LogP contribution in [-0.4, -0.2) is 61.6 Å². The van der Waals surface area contributed by atoms with Crippen molar-refractivity contribution in [2.45, 2.75) is 38.6 Å². The molecule has 3 rings (SSSR count). The number of ether oxygens (including phenoxy) is 2. The Balaban J connectivity index is 1.49. The molecule has 2 fully saturated rings. The number of piperidine rings is 1. The van der Waals surface area contributed by atoms with Gasteiger partial charge in [-0.2, -0.15) is 0 Å². The van der Waals surface area contributed by atoms with Gasteiger partial charge in [0.1, 0.15) is 6.61 Å². The molecule has 2 aliphatic rings. The highest BCUT2D eigenvalue weighted by Gasteiger charge is 2.31. The fourth-order valence-electron chi connectivity index (χ4n) is 3.72. The van der Waals surface area contributed by atoms with Crippen molar-refractivity contribution in [3.63, 3.8) is 0 Å². The third-order valence-electron chi connectivity index (χ3n) is 5.02. The van der Waals surface area contributed by atoms with Gasteiger partial charge in [-0.1, -0.05) is 6.07 Å². The number of nitrogens with zero attached hydrogens (tertiary/aromatic N) is 2. The minimum atomic E-state index is 0.336. The minimum Gasteiger partial charge on any atom is -0.493 e. The van der Waals surface area contributed by atoms with Crippen LogP contribution in [-0.2, 0) is 4.79 Å². The SMILES string of the molecule is COc1cc(C)ccc1OCCN1CCC[C@H](N2CCCC2=O)C1. The first-order valence-electron chi connectivity index (χ1n) is 8.96. The van der Waals surface area contributed by atoms with Gasteiger partial charge in [0.2, 0.25) is 5.91 Å². The highest BCUT2D eigenvalue weighted by atomic mass is 16.5. The average molecular weight is 332 g/mol. The Labute approximate surface area is 144 Å². The van der Waals surface area contributed by atoms with Crippen LogP contribution in [0.5, 0.6) is 11.5 Å². The smallest absolute Gasteiger partial charge is 0.222 e. The molecule has 2 aliphatic heterocycles. The number of carbonyl (C=O) groups is 1. The molecule has 0 bridgehead atoms. The molecule has 24 heavy (non-hydrogen) atoms. The van der Waals surface area contributed by atoms with Crippen LogP contribution in [0.3, 0.4) is 0 Å². The highest BCUT2D eigenvalue weighted by molar-refractivity contribution is 5.78. The first kappa shape index (κ1) is 17.1. The van der Waals surface area contributed by atoms with E-state index < -0.39 is 0 Å². The lowest BCUT2D eigenvalue weighted by molar-refractivity contribution is -0.130. The molecule has 1 atom stereocenters. The summed E-state index contributed by atoms with van der Waals surface area (Å²) in [5.74, 6) is 1.92. The van der Waals surface area contributed by atoms with Crippen LogP contribution in [0.2, 0.25) is 0 Å². The average Bonchev–Trinajstić information content (AvgIpc) is 3.02. The van der Waals surface area contributed by atoms with E-state index in [-0.39, 0.29) is 0 Å². The molecule has 2 heterocycles. The number of hydrogen-bond donors (Lipinski definition) is 0. The number of amides is 1. The van der Waals surface area contributed by atoms with Crippen molar-refractivity contribution in [3.8, 4) is 11.5 Å². The second kappa shape index (κ2) is 7.88. The monoisotopic (exact) mass is 332 g/mol. The van der Waals surface area contributed by atoms with Gasteiger partial charge in [0.15, 0.2) is 11.5 Å². The first-order chi connectivity index (χ1) is 11.7. The Kier molecular flexibility index (Phi) is 5.61. The molecule has 0 spiro atoms. The van der Waals surface area contributed by atoms with Crippen LogP contribution >= 0.6 is 0 Å². The second-order valence-electron chi connectivity index (χ2n) is 6.79. The van der Waals surface area contributed by atoms with E-state index in [1.54, 1.807) is 7.11 Å². The van der Waals surface area contributed by atoms with E-state index in [0.717, 1.165) is 68.9 Å². The summed E-state index contributed by atoms with van der Waals surface area (Å²) in [4.78, 5) is 16.5. The van der Waals surface area contributed by atoms with Gasteiger partial charge >= 0.3 is 0 Å². The van der Waals surface area contributed by atoms with Gasteiger partial charge in [0.05, 0.1) is 7.11 Å². The summed E-state index contributed by atoms with van der Waals surface area (Å²) >= 11 is 0. The van der Waals surface area contributed by atoms with E-state index in [2.05, 4.69) is 9.80 Å². The van der Waals surface area contributed by atoms with Crippen LogP contribution in [0, 0.1) is 6.92 Å². The molecule has 132 valence electrons. The molecule has 5 heteroatoms. The molecular formula is C19H28N2O3. The zero-order chi connectivity index (χ0) is 16.9. The maximum atomic E-state index is 11.9. The van der Waals surface area contributed by atoms with Crippen molar-refractivity contribution >= 4 is 5.91 Å². The number of aryl methyl sites for hydroxylation is 1. The zero-order valence-corrected chi connectivity index (χ0v) is 14.8. The highest BCUT2D eigenvalue weighted by Crippen LogP contribution is 2.28. The Morgan fingerprint density at radius 3 is 2.83 bits per heavy atom. The molecule has 0 N–H and O–H groups in total. The van der Waals surface area contributed by atoms with E-state index >= 15 is 0 Å². The molecule has 0 radical (unpaired) electrons. The number of rotatable bonds is 6. The van der Waals surface area contributed by atoms with Gasteiger partial charge in [-0.05, 0) is 50.4 Å². The molecule has 1 amide bonds. The van der Waals surface area contributed by atoms with E-state index in [1.165, 1.54) is 0 Å². The Bertz CT molecular complexity index is 576.